The normalized spacial score (nSPS) is 18.9. The molecule has 0 saturated carbocycles. The zero-order valence-electron chi connectivity index (χ0n) is 20.1. The molecule has 1 fully saturated rings. The molecular formula is C26H40N2O5. The van der Waals surface area contributed by atoms with Crippen molar-refractivity contribution in [3.63, 3.8) is 0 Å². The summed E-state index contributed by atoms with van der Waals surface area (Å²) < 4.78 is 5.88. The summed E-state index contributed by atoms with van der Waals surface area (Å²) in [5.41, 5.74) is 1.11. The lowest BCUT2D eigenvalue weighted by atomic mass is 9.83. The van der Waals surface area contributed by atoms with E-state index in [1.54, 1.807) is 0 Å². The summed E-state index contributed by atoms with van der Waals surface area (Å²) >= 11 is 0. The Morgan fingerprint density at radius 2 is 1.91 bits per heavy atom. The lowest BCUT2D eigenvalue weighted by Crippen LogP contribution is -2.38. The largest absolute Gasteiger partial charge is 0.481 e. The minimum absolute atomic E-state index is 0.0581. The molecule has 2 N–H and O–H groups in total. The molecule has 1 aromatic carbocycles. The van der Waals surface area contributed by atoms with E-state index in [1.807, 2.05) is 44.2 Å². The number of carboxylic acids is 1. The molecule has 1 saturated heterocycles. The van der Waals surface area contributed by atoms with Crippen LogP contribution in [0.1, 0.15) is 64.4 Å². The van der Waals surface area contributed by atoms with Gasteiger partial charge < -0.3 is 15.2 Å². The minimum Gasteiger partial charge on any atom is -0.481 e. The number of ether oxygens (including phenoxy) is 1. The Kier molecular flexibility index (Phi) is 12.1. The van der Waals surface area contributed by atoms with Crippen molar-refractivity contribution in [2.24, 2.45) is 17.8 Å². The zero-order valence-corrected chi connectivity index (χ0v) is 20.1. The molecule has 0 radical (unpaired) electrons. The monoisotopic (exact) mass is 460 g/mol. The van der Waals surface area contributed by atoms with Gasteiger partial charge in [0.05, 0.1) is 19.1 Å². The standard InChI is InChI=1S/C26H40N2O5/c1-20(2)16-28(19-29)25(30)13-9-4-3-8-12-23(26(31)32)22-14-15-27-24(22)18-33-17-21-10-6-5-7-11-21/h5-7,10-11,19-20,22-24,27H,3-4,8-9,12-18H2,1-2H3,(H,31,32). The van der Waals surface area contributed by atoms with Crippen LogP contribution < -0.4 is 5.32 Å². The number of carbonyl (C=O) groups excluding carboxylic acids is 2. The number of unbranched alkanes of at least 4 members (excludes halogenated alkanes) is 3. The maximum atomic E-state index is 12.1. The number of hydrogen-bond acceptors (Lipinski definition) is 5. The Morgan fingerprint density at radius 3 is 2.58 bits per heavy atom. The summed E-state index contributed by atoms with van der Waals surface area (Å²) in [6, 6.07) is 10.0. The molecule has 2 amide bonds. The van der Waals surface area contributed by atoms with Gasteiger partial charge in [-0.3, -0.25) is 19.3 Å². The van der Waals surface area contributed by atoms with E-state index in [2.05, 4.69) is 5.32 Å². The Bertz CT molecular complexity index is 725. The number of benzene rings is 1. The summed E-state index contributed by atoms with van der Waals surface area (Å²) in [6.07, 6.45) is 5.76. The highest BCUT2D eigenvalue weighted by atomic mass is 16.5. The van der Waals surface area contributed by atoms with Gasteiger partial charge in [0.15, 0.2) is 0 Å². The van der Waals surface area contributed by atoms with Crippen molar-refractivity contribution in [1.29, 1.82) is 0 Å². The number of imide groups is 1. The first-order valence-corrected chi connectivity index (χ1v) is 12.2. The quantitative estimate of drug-likeness (QED) is 0.287. The van der Waals surface area contributed by atoms with E-state index in [9.17, 15) is 19.5 Å². The highest BCUT2D eigenvalue weighted by Crippen LogP contribution is 2.29. The van der Waals surface area contributed by atoms with E-state index >= 15 is 0 Å². The van der Waals surface area contributed by atoms with Gasteiger partial charge in [-0.25, -0.2) is 0 Å². The van der Waals surface area contributed by atoms with Crippen LogP contribution >= 0.6 is 0 Å². The van der Waals surface area contributed by atoms with Gasteiger partial charge in [0.25, 0.3) is 0 Å². The maximum Gasteiger partial charge on any atom is 0.306 e. The molecule has 7 heteroatoms. The van der Waals surface area contributed by atoms with Crippen LogP contribution in [-0.2, 0) is 25.7 Å². The SMILES string of the molecule is CC(C)CN(C=O)C(=O)CCCCCCC(C(=O)O)C1CCNC1COCc1ccccc1. The average Bonchev–Trinajstić information content (AvgIpc) is 3.25. The van der Waals surface area contributed by atoms with Gasteiger partial charge in [-0.1, -0.05) is 63.4 Å². The molecular weight excluding hydrogens is 420 g/mol. The number of aliphatic carboxylic acids is 1. The molecule has 2 rings (SSSR count). The Hall–Kier alpha value is -2.25. The molecule has 3 unspecified atom stereocenters. The van der Waals surface area contributed by atoms with Crippen LogP contribution in [0.15, 0.2) is 30.3 Å². The molecule has 0 spiro atoms. The van der Waals surface area contributed by atoms with Crippen molar-refractivity contribution >= 4 is 18.3 Å². The van der Waals surface area contributed by atoms with Gasteiger partial charge in [-0.05, 0) is 43.2 Å². The van der Waals surface area contributed by atoms with Crippen molar-refractivity contribution in [2.75, 3.05) is 19.7 Å². The van der Waals surface area contributed by atoms with Gasteiger partial charge in [-0.15, -0.1) is 0 Å². The fraction of sp³-hybridized carbons (Fsp3) is 0.654. The van der Waals surface area contributed by atoms with Crippen molar-refractivity contribution in [3.05, 3.63) is 35.9 Å². The molecule has 1 aliphatic heterocycles. The Balaban J connectivity index is 1.69. The van der Waals surface area contributed by atoms with Gasteiger partial charge in [-0.2, -0.15) is 0 Å². The van der Waals surface area contributed by atoms with Gasteiger partial charge in [0.2, 0.25) is 12.3 Å². The van der Waals surface area contributed by atoms with Gasteiger partial charge in [0, 0.05) is 19.0 Å². The number of amides is 2. The van der Waals surface area contributed by atoms with Crippen LogP contribution in [0.25, 0.3) is 0 Å². The van der Waals surface area contributed by atoms with Crippen LogP contribution in [0.2, 0.25) is 0 Å². The third-order valence-corrected chi connectivity index (χ3v) is 6.31. The van der Waals surface area contributed by atoms with E-state index in [0.29, 0.717) is 39.0 Å². The van der Waals surface area contributed by atoms with Crippen LogP contribution in [0.3, 0.4) is 0 Å². The number of carboxylic acid groups (broad SMARTS) is 1. The lowest BCUT2D eigenvalue weighted by molar-refractivity contribution is -0.144. The molecule has 7 nitrogen and oxygen atoms in total. The number of carbonyl (C=O) groups is 3. The molecule has 184 valence electrons. The number of nitrogens with zero attached hydrogens (tertiary/aromatic N) is 1. The third-order valence-electron chi connectivity index (χ3n) is 6.31. The third kappa shape index (κ3) is 9.64. The summed E-state index contributed by atoms with van der Waals surface area (Å²) in [5, 5.41) is 13.3. The van der Waals surface area contributed by atoms with E-state index in [0.717, 1.165) is 44.2 Å². The highest BCUT2D eigenvalue weighted by Gasteiger charge is 2.37. The summed E-state index contributed by atoms with van der Waals surface area (Å²) in [7, 11) is 0. The van der Waals surface area contributed by atoms with E-state index in [1.165, 1.54) is 4.90 Å². The molecule has 0 bridgehead atoms. The van der Waals surface area contributed by atoms with Gasteiger partial charge in [0.1, 0.15) is 0 Å². The van der Waals surface area contributed by atoms with Crippen molar-refractivity contribution in [2.45, 2.75) is 71.4 Å². The summed E-state index contributed by atoms with van der Waals surface area (Å²) in [4.78, 5) is 36.4. The number of nitrogens with one attached hydrogen (secondary N) is 1. The van der Waals surface area contributed by atoms with Crippen molar-refractivity contribution in [1.82, 2.24) is 10.2 Å². The first-order chi connectivity index (χ1) is 15.9. The average molecular weight is 461 g/mol. The molecule has 1 aliphatic rings. The lowest BCUT2D eigenvalue weighted by Gasteiger charge is -2.25. The second-order valence-corrected chi connectivity index (χ2v) is 9.46. The molecule has 33 heavy (non-hydrogen) atoms. The molecule has 1 aromatic rings. The highest BCUT2D eigenvalue weighted by molar-refractivity contribution is 5.86. The van der Waals surface area contributed by atoms with Crippen molar-refractivity contribution in [3.8, 4) is 0 Å². The van der Waals surface area contributed by atoms with Crippen LogP contribution in [0, 0.1) is 17.8 Å². The van der Waals surface area contributed by atoms with Crippen molar-refractivity contribution < 1.29 is 24.2 Å². The van der Waals surface area contributed by atoms with E-state index in [-0.39, 0.29) is 29.7 Å². The number of hydrogen-bond donors (Lipinski definition) is 2. The van der Waals surface area contributed by atoms with Crippen LogP contribution in [-0.4, -0.2) is 54.0 Å². The fourth-order valence-electron chi connectivity index (χ4n) is 4.59. The zero-order chi connectivity index (χ0) is 24.1. The number of rotatable bonds is 16. The Morgan fingerprint density at radius 1 is 1.18 bits per heavy atom. The summed E-state index contributed by atoms with van der Waals surface area (Å²) in [5.74, 6) is -0.926. The predicted octanol–water partition coefficient (Wildman–Crippen LogP) is 3.86. The first kappa shape index (κ1) is 27.0. The van der Waals surface area contributed by atoms with Crippen LogP contribution in [0.5, 0.6) is 0 Å². The molecule has 0 aliphatic carbocycles. The van der Waals surface area contributed by atoms with Gasteiger partial charge >= 0.3 is 5.97 Å². The smallest absolute Gasteiger partial charge is 0.306 e. The van der Waals surface area contributed by atoms with Crippen LogP contribution in [0.4, 0.5) is 0 Å². The maximum absolute atomic E-state index is 12.1. The second kappa shape index (κ2) is 14.8. The predicted molar refractivity (Wildman–Crippen MR) is 127 cm³/mol. The molecule has 3 atom stereocenters. The molecule has 1 heterocycles. The summed E-state index contributed by atoms with van der Waals surface area (Å²) in [6.45, 7) is 6.26. The molecule has 0 aromatic heterocycles. The topological polar surface area (TPSA) is 95.9 Å². The second-order valence-electron chi connectivity index (χ2n) is 9.46. The first-order valence-electron chi connectivity index (χ1n) is 12.2. The fourth-order valence-corrected chi connectivity index (χ4v) is 4.59. The van der Waals surface area contributed by atoms with E-state index in [4.69, 9.17) is 4.74 Å². The minimum atomic E-state index is -0.734. The Labute approximate surface area is 197 Å². The van der Waals surface area contributed by atoms with E-state index < -0.39 is 5.97 Å².